The van der Waals surface area contributed by atoms with E-state index in [-0.39, 0.29) is 23.5 Å². The number of non-ortho nitro benzene ring substituents is 1. The van der Waals surface area contributed by atoms with Crippen LogP contribution in [0.3, 0.4) is 0 Å². The third-order valence-corrected chi connectivity index (χ3v) is 5.46. The standard InChI is InChI=1S/C24H28N4O4/c1-27(2)22-14-11-19(16-21(22)24(30)26-18-6-4-3-5-7-18)25-23(29)15-10-17-8-12-20(13-9-17)28(31)32/h8-16,18H,3-7H2,1-2H3,(H,25,29)(H,26,30)/b15-10+. The van der Waals surface area contributed by atoms with Gasteiger partial charge in [0.25, 0.3) is 11.6 Å². The summed E-state index contributed by atoms with van der Waals surface area (Å²) in [5, 5.41) is 16.6. The number of anilines is 2. The molecule has 2 N–H and O–H groups in total. The highest BCUT2D eigenvalue weighted by Crippen LogP contribution is 2.25. The number of benzene rings is 2. The van der Waals surface area contributed by atoms with Crippen LogP contribution in [0.15, 0.2) is 48.5 Å². The molecule has 0 unspecified atom stereocenters. The first-order valence-electron chi connectivity index (χ1n) is 10.7. The third kappa shape index (κ3) is 6.16. The summed E-state index contributed by atoms with van der Waals surface area (Å²) in [6.07, 6.45) is 8.38. The van der Waals surface area contributed by atoms with Crippen LogP contribution in [0, 0.1) is 10.1 Å². The average molecular weight is 437 g/mol. The minimum Gasteiger partial charge on any atom is -0.377 e. The molecule has 1 aliphatic carbocycles. The zero-order valence-electron chi connectivity index (χ0n) is 18.3. The predicted molar refractivity (Wildman–Crippen MR) is 126 cm³/mol. The molecule has 3 rings (SSSR count). The van der Waals surface area contributed by atoms with Crippen LogP contribution in [-0.4, -0.2) is 36.9 Å². The van der Waals surface area contributed by atoms with Gasteiger partial charge in [0.15, 0.2) is 0 Å². The minimum absolute atomic E-state index is 0.00776. The highest BCUT2D eigenvalue weighted by molar-refractivity contribution is 6.05. The summed E-state index contributed by atoms with van der Waals surface area (Å²) in [5.74, 6) is -0.502. The van der Waals surface area contributed by atoms with E-state index in [2.05, 4.69) is 10.6 Å². The van der Waals surface area contributed by atoms with Gasteiger partial charge in [0.2, 0.25) is 5.91 Å². The smallest absolute Gasteiger partial charge is 0.269 e. The molecule has 0 atom stereocenters. The molecule has 0 radical (unpaired) electrons. The van der Waals surface area contributed by atoms with Crippen molar-refractivity contribution in [3.8, 4) is 0 Å². The molecule has 1 saturated carbocycles. The van der Waals surface area contributed by atoms with Gasteiger partial charge in [-0.2, -0.15) is 0 Å². The molecule has 0 heterocycles. The van der Waals surface area contributed by atoms with Gasteiger partial charge in [0.1, 0.15) is 0 Å². The largest absolute Gasteiger partial charge is 0.377 e. The lowest BCUT2D eigenvalue weighted by molar-refractivity contribution is -0.384. The van der Waals surface area contributed by atoms with Crippen molar-refractivity contribution >= 4 is 35.0 Å². The number of hydrogen-bond acceptors (Lipinski definition) is 5. The number of carbonyl (C=O) groups is 2. The average Bonchev–Trinajstić information content (AvgIpc) is 2.78. The monoisotopic (exact) mass is 436 g/mol. The summed E-state index contributed by atoms with van der Waals surface area (Å²) in [6.45, 7) is 0. The Morgan fingerprint density at radius 1 is 1.06 bits per heavy atom. The Morgan fingerprint density at radius 3 is 2.38 bits per heavy atom. The molecule has 1 fully saturated rings. The van der Waals surface area contributed by atoms with Gasteiger partial charge in [-0.25, -0.2) is 0 Å². The Kier molecular flexibility index (Phi) is 7.59. The van der Waals surface area contributed by atoms with Gasteiger partial charge in [-0.15, -0.1) is 0 Å². The zero-order chi connectivity index (χ0) is 23.1. The molecule has 0 spiro atoms. The number of carbonyl (C=O) groups excluding carboxylic acids is 2. The molecule has 0 aromatic heterocycles. The number of amides is 2. The molecule has 8 nitrogen and oxygen atoms in total. The molecule has 32 heavy (non-hydrogen) atoms. The third-order valence-electron chi connectivity index (χ3n) is 5.46. The van der Waals surface area contributed by atoms with E-state index in [0.29, 0.717) is 16.8 Å². The fraction of sp³-hybridized carbons (Fsp3) is 0.333. The fourth-order valence-corrected chi connectivity index (χ4v) is 3.76. The number of nitro groups is 1. The van der Waals surface area contributed by atoms with Crippen LogP contribution in [0.1, 0.15) is 48.0 Å². The molecule has 168 valence electrons. The van der Waals surface area contributed by atoms with Crippen LogP contribution in [0.25, 0.3) is 6.08 Å². The van der Waals surface area contributed by atoms with Gasteiger partial charge in [0, 0.05) is 49.7 Å². The summed E-state index contributed by atoms with van der Waals surface area (Å²) in [7, 11) is 3.75. The lowest BCUT2D eigenvalue weighted by Crippen LogP contribution is -2.36. The first kappa shape index (κ1) is 23.0. The normalized spacial score (nSPS) is 14.2. The van der Waals surface area contributed by atoms with Crippen molar-refractivity contribution in [2.45, 2.75) is 38.1 Å². The van der Waals surface area contributed by atoms with Crippen molar-refractivity contribution in [2.24, 2.45) is 0 Å². The van der Waals surface area contributed by atoms with E-state index < -0.39 is 4.92 Å². The van der Waals surface area contributed by atoms with Crippen molar-refractivity contribution < 1.29 is 14.5 Å². The second-order valence-corrected chi connectivity index (χ2v) is 8.11. The minimum atomic E-state index is -0.473. The maximum absolute atomic E-state index is 12.9. The Labute approximate surface area is 187 Å². The van der Waals surface area contributed by atoms with Crippen molar-refractivity contribution in [2.75, 3.05) is 24.3 Å². The van der Waals surface area contributed by atoms with Crippen molar-refractivity contribution in [1.82, 2.24) is 5.32 Å². The molecule has 0 saturated heterocycles. The Hall–Kier alpha value is -3.68. The summed E-state index contributed by atoms with van der Waals surface area (Å²) in [4.78, 5) is 37.4. The molecule has 8 heteroatoms. The highest BCUT2D eigenvalue weighted by atomic mass is 16.6. The van der Waals surface area contributed by atoms with E-state index in [4.69, 9.17) is 0 Å². The summed E-state index contributed by atoms with van der Waals surface area (Å²) in [6, 6.07) is 11.3. The second kappa shape index (κ2) is 10.6. The van der Waals surface area contributed by atoms with Crippen molar-refractivity contribution in [3.63, 3.8) is 0 Å². The number of nitro benzene ring substituents is 1. The SMILES string of the molecule is CN(C)c1ccc(NC(=O)/C=C/c2ccc([N+](=O)[O-])cc2)cc1C(=O)NC1CCCCC1. The van der Waals surface area contributed by atoms with Crippen LogP contribution in [0.5, 0.6) is 0 Å². The fourth-order valence-electron chi connectivity index (χ4n) is 3.76. The van der Waals surface area contributed by atoms with E-state index in [1.165, 1.54) is 24.6 Å². The topological polar surface area (TPSA) is 105 Å². The second-order valence-electron chi connectivity index (χ2n) is 8.11. The molecule has 1 aliphatic rings. The summed E-state index contributed by atoms with van der Waals surface area (Å²) < 4.78 is 0. The van der Waals surface area contributed by atoms with E-state index >= 15 is 0 Å². The highest BCUT2D eigenvalue weighted by Gasteiger charge is 2.20. The molecule has 2 amide bonds. The van der Waals surface area contributed by atoms with Gasteiger partial charge in [0.05, 0.1) is 10.5 Å². The predicted octanol–water partition coefficient (Wildman–Crippen LogP) is 4.38. The van der Waals surface area contributed by atoms with Gasteiger partial charge in [-0.3, -0.25) is 19.7 Å². The van der Waals surface area contributed by atoms with Gasteiger partial charge in [-0.1, -0.05) is 19.3 Å². The Morgan fingerprint density at radius 2 is 1.75 bits per heavy atom. The van der Waals surface area contributed by atoms with Gasteiger partial charge < -0.3 is 15.5 Å². The molecule has 0 aliphatic heterocycles. The molecular formula is C24H28N4O4. The summed E-state index contributed by atoms with van der Waals surface area (Å²) >= 11 is 0. The maximum Gasteiger partial charge on any atom is 0.269 e. The van der Waals surface area contributed by atoms with E-state index in [0.717, 1.165) is 31.4 Å². The lowest BCUT2D eigenvalue weighted by Gasteiger charge is -2.24. The van der Waals surface area contributed by atoms with Crippen molar-refractivity contribution in [3.05, 3.63) is 69.8 Å². The number of nitrogens with zero attached hydrogens (tertiary/aromatic N) is 2. The van der Waals surface area contributed by atoms with Crippen LogP contribution < -0.4 is 15.5 Å². The number of rotatable bonds is 7. The summed E-state index contributed by atoms with van der Waals surface area (Å²) in [5.41, 5.74) is 2.46. The molecule has 2 aromatic carbocycles. The molecule has 0 bridgehead atoms. The van der Waals surface area contributed by atoms with E-state index in [1.807, 2.05) is 25.1 Å². The number of hydrogen-bond donors (Lipinski definition) is 2. The molecular weight excluding hydrogens is 408 g/mol. The zero-order valence-corrected chi connectivity index (χ0v) is 18.3. The van der Waals surface area contributed by atoms with Crippen LogP contribution in [-0.2, 0) is 4.79 Å². The number of nitrogens with one attached hydrogen (secondary N) is 2. The maximum atomic E-state index is 12.9. The van der Waals surface area contributed by atoms with Gasteiger partial charge in [-0.05, 0) is 54.8 Å². The first-order chi connectivity index (χ1) is 15.3. The quantitative estimate of drug-likeness (QED) is 0.381. The van der Waals surface area contributed by atoms with Crippen LogP contribution >= 0.6 is 0 Å². The van der Waals surface area contributed by atoms with E-state index in [1.54, 1.807) is 30.3 Å². The Bertz CT molecular complexity index is 1010. The Balaban J connectivity index is 1.70. The van der Waals surface area contributed by atoms with Gasteiger partial charge >= 0.3 is 0 Å². The van der Waals surface area contributed by atoms with E-state index in [9.17, 15) is 19.7 Å². The first-order valence-corrected chi connectivity index (χ1v) is 10.7. The lowest BCUT2D eigenvalue weighted by atomic mass is 9.95. The van der Waals surface area contributed by atoms with Crippen molar-refractivity contribution in [1.29, 1.82) is 0 Å². The van der Waals surface area contributed by atoms with Crippen LogP contribution in [0.2, 0.25) is 0 Å². The molecule has 2 aromatic rings. The van der Waals surface area contributed by atoms with Crippen LogP contribution in [0.4, 0.5) is 17.1 Å².